The van der Waals surface area contributed by atoms with Crippen LogP contribution in [0.25, 0.3) is 0 Å². The Kier molecular flexibility index (Phi) is 3.94. The minimum absolute atomic E-state index is 0.0186. The average Bonchev–Trinajstić information content (AvgIpc) is 2.99. The van der Waals surface area contributed by atoms with Crippen LogP contribution in [0.1, 0.15) is 55.5 Å². The molecule has 0 saturated carbocycles. The molecule has 2 aliphatic heterocycles. The van der Waals surface area contributed by atoms with Crippen molar-refractivity contribution in [3.63, 3.8) is 0 Å². The maximum Gasteiger partial charge on any atom is 0.254 e. The zero-order chi connectivity index (χ0) is 15.9. The molecule has 4 heteroatoms. The molecule has 0 aromatic heterocycles. The summed E-state index contributed by atoms with van der Waals surface area (Å²) in [6.45, 7) is 7.59. The highest BCUT2D eigenvalue weighted by Crippen LogP contribution is 2.27. The maximum atomic E-state index is 12.9. The maximum absolute atomic E-state index is 12.9. The van der Waals surface area contributed by atoms with Gasteiger partial charge in [0.2, 0.25) is 5.91 Å². The Balaban J connectivity index is 1.85. The van der Waals surface area contributed by atoms with Crippen molar-refractivity contribution in [2.45, 2.75) is 51.6 Å². The van der Waals surface area contributed by atoms with E-state index in [0.717, 1.165) is 24.9 Å². The summed E-state index contributed by atoms with van der Waals surface area (Å²) in [6.07, 6.45) is 2.06. The van der Waals surface area contributed by atoms with Crippen LogP contribution >= 0.6 is 0 Å². The second-order valence-corrected chi connectivity index (χ2v) is 6.74. The van der Waals surface area contributed by atoms with Crippen molar-refractivity contribution in [1.29, 1.82) is 0 Å². The molecule has 0 bridgehead atoms. The first-order valence-electron chi connectivity index (χ1n) is 8.20. The second kappa shape index (κ2) is 5.75. The van der Waals surface area contributed by atoms with Crippen molar-refractivity contribution in [1.82, 2.24) is 9.80 Å². The molecule has 0 radical (unpaired) electrons. The summed E-state index contributed by atoms with van der Waals surface area (Å²) in [4.78, 5) is 29.0. The van der Waals surface area contributed by atoms with Crippen LogP contribution in [0.5, 0.6) is 0 Å². The van der Waals surface area contributed by atoms with Crippen LogP contribution < -0.4 is 0 Å². The number of carbonyl (C=O) groups excluding carboxylic acids is 2. The SMILES string of the molecule is CC(C)c1cccc(C(=O)N2C[C@@H]3CCCN3C(=O)[C@@H]2C)c1. The lowest BCUT2D eigenvalue weighted by Crippen LogP contribution is -2.60. The predicted molar refractivity (Wildman–Crippen MR) is 85.8 cm³/mol. The molecule has 1 aromatic rings. The second-order valence-electron chi connectivity index (χ2n) is 6.74. The quantitative estimate of drug-likeness (QED) is 0.842. The highest BCUT2D eigenvalue weighted by molar-refractivity contribution is 5.98. The number of amides is 2. The summed E-state index contributed by atoms with van der Waals surface area (Å²) in [5.41, 5.74) is 1.85. The predicted octanol–water partition coefficient (Wildman–Crippen LogP) is 2.65. The number of nitrogens with zero attached hydrogens (tertiary/aromatic N) is 2. The number of carbonyl (C=O) groups is 2. The normalized spacial score (nSPS) is 24.8. The molecule has 1 aromatic carbocycles. The van der Waals surface area contributed by atoms with Gasteiger partial charge >= 0.3 is 0 Å². The van der Waals surface area contributed by atoms with Crippen LogP contribution in [-0.2, 0) is 4.79 Å². The molecule has 4 nitrogen and oxygen atoms in total. The Morgan fingerprint density at radius 3 is 2.82 bits per heavy atom. The number of fused-ring (bicyclic) bond motifs is 1. The number of hydrogen-bond acceptors (Lipinski definition) is 2. The highest BCUT2D eigenvalue weighted by atomic mass is 16.2. The van der Waals surface area contributed by atoms with E-state index >= 15 is 0 Å². The largest absolute Gasteiger partial charge is 0.336 e. The third kappa shape index (κ3) is 2.51. The molecule has 3 rings (SSSR count). The van der Waals surface area contributed by atoms with E-state index in [4.69, 9.17) is 0 Å². The van der Waals surface area contributed by atoms with Crippen LogP contribution in [0.4, 0.5) is 0 Å². The topological polar surface area (TPSA) is 40.6 Å². The van der Waals surface area contributed by atoms with E-state index < -0.39 is 0 Å². The van der Waals surface area contributed by atoms with E-state index in [-0.39, 0.29) is 23.9 Å². The van der Waals surface area contributed by atoms with E-state index in [1.165, 1.54) is 0 Å². The fourth-order valence-electron chi connectivity index (χ4n) is 3.53. The molecule has 0 unspecified atom stereocenters. The third-order valence-corrected chi connectivity index (χ3v) is 4.95. The molecular weight excluding hydrogens is 276 g/mol. The van der Waals surface area contributed by atoms with Crippen molar-refractivity contribution < 1.29 is 9.59 Å². The molecular formula is C18H24N2O2. The standard InChI is InChI=1S/C18H24N2O2/c1-12(2)14-6-4-7-15(10-14)18(22)20-11-16-8-5-9-19(16)17(21)13(20)3/h4,6-7,10,12-13,16H,5,8-9,11H2,1-3H3/t13-,16-/m0/s1. The lowest BCUT2D eigenvalue weighted by molar-refractivity contribution is -0.141. The lowest BCUT2D eigenvalue weighted by Gasteiger charge is -2.41. The zero-order valence-electron chi connectivity index (χ0n) is 13.6. The van der Waals surface area contributed by atoms with Gasteiger partial charge in [0.05, 0.1) is 0 Å². The molecule has 2 heterocycles. The van der Waals surface area contributed by atoms with Crippen molar-refractivity contribution in [3.05, 3.63) is 35.4 Å². The van der Waals surface area contributed by atoms with E-state index in [9.17, 15) is 9.59 Å². The number of hydrogen-bond donors (Lipinski definition) is 0. The molecule has 2 saturated heterocycles. The molecule has 22 heavy (non-hydrogen) atoms. The Morgan fingerprint density at radius 2 is 2.09 bits per heavy atom. The van der Waals surface area contributed by atoms with Gasteiger partial charge in [0, 0.05) is 24.7 Å². The molecule has 118 valence electrons. The number of rotatable bonds is 2. The van der Waals surface area contributed by atoms with Crippen molar-refractivity contribution >= 4 is 11.8 Å². The van der Waals surface area contributed by atoms with Crippen LogP contribution in [0.15, 0.2) is 24.3 Å². The summed E-state index contributed by atoms with van der Waals surface area (Å²) >= 11 is 0. The summed E-state index contributed by atoms with van der Waals surface area (Å²) < 4.78 is 0. The van der Waals surface area contributed by atoms with Crippen LogP contribution in [0, 0.1) is 0 Å². The van der Waals surface area contributed by atoms with Gasteiger partial charge in [0.25, 0.3) is 5.91 Å². The van der Waals surface area contributed by atoms with Gasteiger partial charge in [-0.05, 0) is 43.4 Å². The van der Waals surface area contributed by atoms with Crippen LogP contribution in [0.3, 0.4) is 0 Å². The molecule has 2 amide bonds. The Labute approximate surface area is 132 Å². The highest BCUT2D eigenvalue weighted by Gasteiger charge is 2.42. The fourth-order valence-corrected chi connectivity index (χ4v) is 3.53. The van der Waals surface area contributed by atoms with Gasteiger partial charge < -0.3 is 9.80 Å². The van der Waals surface area contributed by atoms with E-state index in [0.29, 0.717) is 18.0 Å². The monoisotopic (exact) mass is 300 g/mol. The van der Waals surface area contributed by atoms with Gasteiger partial charge in [0.15, 0.2) is 0 Å². The van der Waals surface area contributed by atoms with E-state index in [1.54, 1.807) is 4.90 Å². The summed E-state index contributed by atoms with van der Waals surface area (Å²) in [7, 11) is 0. The van der Waals surface area contributed by atoms with Crippen molar-refractivity contribution in [2.24, 2.45) is 0 Å². The van der Waals surface area contributed by atoms with E-state index in [2.05, 4.69) is 13.8 Å². The Morgan fingerprint density at radius 1 is 1.32 bits per heavy atom. The minimum atomic E-state index is -0.357. The van der Waals surface area contributed by atoms with Gasteiger partial charge in [-0.3, -0.25) is 9.59 Å². The third-order valence-electron chi connectivity index (χ3n) is 4.95. The Bertz CT molecular complexity index is 597. The molecule has 0 aliphatic carbocycles. The van der Waals surface area contributed by atoms with E-state index in [1.807, 2.05) is 36.1 Å². The molecule has 2 fully saturated rings. The van der Waals surface area contributed by atoms with Gasteiger partial charge in [-0.15, -0.1) is 0 Å². The molecule has 0 spiro atoms. The first-order valence-corrected chi connectivity index (χ1v) is 8.20. The van der Waals surface area contributed by atoms with Gasteiger partial charge in [0.1, 0.15) is 6.04 Å². The Hall–Kier alpha value is -1.84. The van der Waals surface area contributed by atoms with Crippen LogP contribution in [0.2, 0.25) is 0 Å². The molecule has 2 aliphatic rings. The van der Waals surface area contributed by atoms with Gasteiger partial charge in [-0.25, -0.2) is 0 Å². The minimum Gasteiger partial charge on any atom is -0.336 e. The summed E-state index contributed by atoms with van der Waals surface area (Å²) in [5.74, 6) is 0.468. The number of benzene rings is 1. The van der Waals surface area contributed by atoms with Crippen molar-refractivity contribution in [2.75, 3.05) is 13.1 Å². The zero-order valence-corrected chi connectivity index (χ0v) is 13.6. The van der Waals surface area contributed by atoms with Gasteiger partial charge in [-0.1, -0.05) is 26.0 Å². The molecule has 0 N–H and O–H groups in total. The summed E-state index contributed by atoms with van der Waals surface area (Å²) in [5, 5.41) is 0. The number of piperazine rings is 1. The van der Waals surface area contributed by atoms with Gasteiger partial charge in [-0.2, -0.15) is 0 Å². The fraction of sp³-hybridized carbons (Fsp3) is 0.556. The summed E-state index contributed by atoms with van der Waals surface area (Å²) in [6, 6.07) is 7.65. The first kappa shape index (κ1) is 15.1. The molecule has 2 atom stereocenters. The average molecular weight is 300 g/mol. The first-order chi connectivity index (χ1) is 10.5. The van der Waals surface area contributed by atoms with Crippen LogP contribution in [-0.4, -0.2) is 46.8 Å². The lowest BCUT2D eigenvalue weighted by atomic mass is 9.99. The smallest absolute Gasteiger partial charge is 0.254 e. The van der Waals surface area contributed by atoms with Crippen molar-refractivity contribution in [3.8, 4) is 0 Å².